The van der Waals surface area contributed by atoms with Crippen LogP contribution >= 0.6 is 0 Å². The number of rotatable bonds is 2. The summed E-state index contributed by atoms with van der Waals surface area (Å²) in [6.45, 7) is 0. The van der Waals surface area contributed by atoms with Crippen LogP contribution in [-0.4, -0.2) is 17.9 Å². The summed E-state index contributed by atoms with van der Waals surface area (Å²) in [6, 6.07) is 13.6. The van der Waals surface area contributed by atoms with Crippen LogP contribution in [0.15, 0.2) is 53.4 Å². The van der Waals surface area contributed by atoms with Crippen LogP contribution in [0, 0.1) is 10.1 Å². The SMILES string of the molecule is O=[N+]([O-])c1cc2ccc3cccc4ccc(c1S(=O)(=O)O)c2c34. The van der Waals surface area contributed by atoms with Gasteiger partial charge in [0.25, 0.3) is 5.69 Å². The third kappa shape index (κ3) is 1.87. The summed E-state index contributed by atoms with van der Waals surface area (Å²) in [6.07, 6.45) is 0. The van der Waals surface area contributed by atoms with Crippen LogP contribution in [0.25, 0.3) is 32.3 Å². The standard InChI is InChI=1S/C16H9NO5S/c18-17(19)13-8-11-5-4-9-2-1-3-10-6-7-12(15(11)14(9)10)16(13)23(20,21)22/h1-8H,(H,20,21,22). The van der Waals surface area contributed by atoms with Crippen LogP contribution in [0.5, 0.6) is 0 Å². The molecule has 0 aliphatic carbocycles. The zero-order valence-corrected chi connectivity index (χ0v) is 12.4. The summed E-state index contributed by atoms with van der Waals surface area (Å²) in [5.74, 6) is 0. The smallest absolute Gasteiger partial charge is 0.282 e. The fraction of sp³-hybridized carbons (Fsp3) is 0. The highest BCUT2D eigenvalue weighted by molar-refractivity contribution is 7.86. The molecule has 6 nitrogen and oxygen atoms in total. The van der Waals surface area contributed by atoms with Crippen molar-refractivity contribution < 1.29 is 17.9 Å². The Morgan fingerprint density at radius 1 is 0.913 bits per heavy atom. The van der Waals surface area contributed by atoms with Crippen LogP contribution in [0.1, 0.15) is 0 Å². The van der Waals surface area contributed by atoms with Gasteiger partial charge in [0.05, 0.1) is 4.92 Å². The van der Waals surface area contributed by atoms with Crippen LogP contribution in [0.3, 0.4) is 0 Å². The van der Waals surface area contributed by atoms with E-state index >= 15 is 0 Å². The number of hydrogen-bond donors (Lipinski definition) is 1. The highest BCUT2D eigenvalue weighted by Gasteiger charge is 2.29. The molecule has 23 heavy (non-hydrogen) atoms. The van der Waals surface area contributed by atoms with E-state index in [4.69, 9.17) is 0 Å². The highest BCUT2D eigenvalue weighted by Crippen LogP contribution is 2.41. The Bertz CT molecular complexity index is 1200. The van der Waals surface area contributed by atoms with Gasteiger partial charge in [-0.2, -0.15) is 8.42 Å². The van der Waals surface area contributed by atoms with Gasteiger partial charge in [-0.3, -0.25) is 14.7 Å². The van der Waals surface area contributed by atoms with Crippen LogP contribution in [-0.2, 0) is 10.1 Å². The van der Waals surface area contributed by atoms with Crippen LogP contribution < -0.4 is 0 Å². The first-order valence-electron chi connectivity index (χ1n) is 6.70. The molecule has 0 aliphatic heterocycles. The zero-order chi connectivity index (χ0) is 16.4. The first kappa shape index (κ1) is 13.9. The molecular weight excluding hydrogens is 318 g/mol. The van der Waals surface area contributed by atoms with E-state index in [2.05, 4.69) is 0 Å². The minimum atomic E-state index is -4.75. The van der Waals surface area contributed by atoms with Gasteiger partial charge >= 0.3 is 10.1 Å². The molecule has 0 saturated carbocycles. The van der Waals surface area contributed by atoms with Crippen molar-refractivity contribution in [2.45, 2.75) is 4.90 Å². The number of benzene rings is 4. The molecule has 0 saturated heterocycles. The molecule has 0 radical (unpaired) electrons. The lowest BCUT2D eigenvalue weighted by molar-refractivity contribution is -0.387. The van der Waals surface area contributed by atoms with Gasteiger partial charge in [-0.1, -0.05) is 42.5 Å². The molecule has 0 amide bonds. The van der Waals surface area contributed by atoms with Crippen LogP contribution in [0.4, 0.5) is 5.69 Å². The predicted molar refractivity (Wildman–Crippen MR) is 86.6 cm³/mol. The van der Waals surface area contributed by atoms with E-state index in [0.717, 1.165) is 16.2 Å². The normalized spacial score (nSPS) is 12.4. The van der Waals surface area contributed by atoms with Crippen molar-refractivity contribution >= 4 is 48.1 Å². The van der Waals surface area contributed by atoms with E-state index in [1.807, 2.05) is 24.3 Å². The fourth-order valence-electron chi connectivity index (χ4n) is 3.18. The van der Waals surface area contributed by atoms with E-state index in [1.165, 1.54) is 12.1 Å². The van der Waals surface area contributed by atoms with E-state index in [1.54, 1.807) is 12.1 Å². The highest BCUT2D eigenvalue weighted by atomic mass is 32.2. The van der Waals surface area contributed by atoms with Gasteiger partial charge < -0.3 is 0 Å². The summed E-state index contributed by atoms with van der Waals surface area (Å²) < 4.78 is 33.0. The molecule has 0 bridgehead atoms. The van der Waals surface area contributed by atoms with Gasteiger partial charge in [0.1, 0.15) is 0 Å². The summed E-state index contributed by atoms with van der Waals surface area (Å²) >= 11 is 0. The number of nitro benzene ring substituents is 1. The molecule has 7 heteroatoms. The molecule has 0 unspecified atom stereocenters. The number of nitro groups is 1. The molecule has 4 rings (SSSR count). The maximum absolute atomic E-state index is 11.8. The zero-order valence-electron chi connectivity index (χ0n) is 11.6. The van der Waals surface area contributed by atoms with E-state index in [9.17, 15) is 23.1 Å². The monoisotopic (exact) mass is 327 g/mol. The molecule has 4 aromatic carbocycles. The lowest BCUT2D eigenvalue weighted by Crippen LogP contribution is -2.05. The third-order valence-corrected chi connectivity index (χ3v) is 4.98. The number of hydrogen-bond acceptors (Lipinski definition) is 4. The first-order chi connectivity index (χ1) is 10.9. The summed E-state index contributed by atoms with van der Waals surface area (Å²) in [5.41, 5.74) is -0.626. The Labute approximate surface area is 130 Å². The lowest BCUT2D eigenvalue weighted by atomic mass is 9.94. The van der Waals surface area contributed by atoms with Crippen molar-refractivity contribution in [1.29, 1.82) is 0 Å². The van der Waals surface area contributed by atoms with Crippen molar-refractivity contribution in [1.82, 2.24) is 0 Å². The number of nitrogens with zero attached hydrogens (tertiary/aromatic N) is 1. The van der Waals surface area contributed by atoms with Crippen molar-refractivity contribution in [2.24, 2.45) is 0 Å². The third-order valence-electron chi connectivity index (χ3n) is 4.03. The molecule has 1 N–H and O–H groups in total. The molecule has 0 aromatic heterocycles. The summed E-state index contributed by atoms with van der Waals surface area (Å²) in [7, 11) is -4.75. The fourth-order valence-corrected chi connectivity index (χ4v) is 4.02. The quantitative estimate of drug-likeness (QED) is 0.262. The Morgan fingerprint density at radius 3 is 2.13 bits per heavy atom. The largest absolute Gasteiger partial charge is 0.302 e. The minimum Gasteiger partial charge on any atom is -0.282 e. The molecule has 0 heterocycles. The average Bonchev–Trinajstić information content (AvgIpc) is 2.50. The Balaban J connectivity index is 2.39. The van der Waals surface area contributed by atoms with Crippen molar-refractivity contribution in [2.75, 3.05) is 0 Å². The average molecular weight is 327 g/mol. The molecule has 0 aliphatic rings. The Hall–Kier alpha value is -2.77. The van der Waals surface area contributed by atoms with Gasteiger partial charge in [0, 0.05) is 11.5 Å². The van der Waals surface area contributed by atoms with Gasteiger partial charge in [-0.25, -0.2) is 0 Å². The molecule has 0 spiro atoms. The maximum atomic E-state index is 11.8. The second-order valence-electron chi connectivity index (χ2n) is 5.31. The Morgan fingerprint density at radius 2 is 1.52 bits per heavy atom. The van der Waals surface area contributed by atoms with Gasteiger partial charge in [0.15, 0.2) is 4.90 Å². The van der Waals surface area contributed by atoms with E-state index < -0.39 is 25.6 Å². The summed E-state index contributed by atoms with van der Waals surface area (Å²) in [5, 5.41) is 15.2. The van der Waals surface area contributed by atoms with Gasteiger partial charge in [0.2, 0.25) is 0 Å². The van der Waals surface area contributed by atoms with Gasteiger partial charge in [-0.15, -0.1) is 0 Å². The maximum Gasteiger partial charge on any atom is 0.302 e. The second-order valence-corrected chi connectivity index (χ2v) is 6.67. The second kappa shape index (κ2) is 4.37. The van der Waals surface area contributed by atoms with Gasteiger partial charge in [-0.05, 0) is 26.9 Å². The molecule has 0 fully saturated rings. The van der Waals surface area contributed by atoms with Crippen molar-refractivity contribution in [3.63, 3.8) is 0 Å². The molecule has 114 valence electrons. The van der Waals surface area contributed by atoms with E-state index in [-0.39, 0.29) is 5.39 Å². The minimum absolute atomic E-state index is 0.154. The molecule has 4 aromatic rings. The van der Waals surface area contributed by atoms with Crippen molar-refractivity contribution in [3.8, 4) is 0 Å². The Kier molecular flexibility index (Phi) is 2.64. The molecular formula is C16H9NO5S. The van der Waals surface area contributed by atoms with E-state index in [0.29, 0.717) is 10.8 Å². The predicted octanol–water partition coefficient (Wildman–Crippen LogP) is 3.74. The topological polar surface area (TPSA) is 97.5 Å². The lowest BCUT2D eigenvalue weighted by Gasteiger charge is -2.12. The summed E-state index contributed by atoms with van der Waals surface area (Å²) in [4.78, 5) is 9.81. The first-order valence-corrected chi connectivity index (χ1v) is 8.14. The van der Waals surface area contributed by atoms with Crippen LogP contribution in [0.2, 0.25) is 0 Å². The van der Waals surface area contributed by atoms with Crippen molar-refractivity contribution in [3.05, 3.63) is 58.6 Å². The molecule has 0 atom stereocenters.